The lowest BCUT2D eigenvalue weighted by Gasteiger charge is -2.36. The average Bonchev–Trinajstić information content (AvgIpc) is 2.87. The van der Waals surface area contributed by atoms with Crippen LogP contribution in [0.25, 0.3) is 0 Å². The molecule has 0 saturated heterocycles. The van der Waals surface area contributed by atoms with Gasteiger partial charge in [0.2, 0.25) is 0 Å². The van der Waals surface area contributed by atoms with Crippen molar-refractivity contribution >= 4 is 5.97 Å². The Kier molecular flexibility index (Phi) is 4.32. The molecule has 0 amide bonds. The number of benzene rings is 1. The highest BCUT2D eigenvalue weighted by atomic mass is 16.4. The zero-order valence-corrected chi connectivity index (χ0v) is 12.8. The van der Waals surface area contributed by atoms with Crippen LogP contribution < -0.4 is 0 Å². The first-order valence-electron chi connectivity index (χ1n) is 8.52. The fourth-order valence-electron chi connectivity index (χ4n) is 4.51. The first-order valence-corrected chi connectivity index (χ1v) is 8.52. The van der Waals surface area contributed by atoms with Crippen LogP contribution >= 0.6 is 0 Å². The van der Waals surface area contributed by atoms with Gasteiger partial charge in [-0.2, -0.15) is 0 Å². The summed E-state index contributed by atoms with van der Waals surface area (Å²) in [6.07, 6.45) is 10.7. The molecule has 0 unspecified atom stereocenters. The molecule has 0 radical (unpaired) electrons. The van der Waals surface area contributed by atoms with E-state index in [-0.39, 0.29) is 0 Å². The molecule has 0 bridgehead atoms. The second-order valence-electron chi connectivity index (χ2n) is 6.92. The van der Waals surface area contributed by atoms with E-state index in [4.69, 9.17) is 0 Å². The van der Waals surface area contributed by atoms with Gasteiger partial charge in [-0.15, -0.1) is 0 Å². The molecule has 0 atom stereocenters. The van der Waals surface area contributed by atoms with Gasteiger partial charge < -0.3 is 5.11 Å². The van der Waals surface area contributed by atoms with Gasteiger partial charge in [0.05, 0.1) is 5.41 Å². The largest absolute Gasteiger partial charge is 0.481 e. The van der Waals surface area contributed by atoms with Crippen LogP contribution in [0, 0.1) is 11.3 Å². The van der Waals surface area contributed by atoms with Crippen molar-refractivity contribution in [3.63, 3.8) is 0 Å². The molecule has 2 aliphatic carbocycles. The summed E-state index contributed by atoms with van der Waals surface area (Å²) in [5.41, 5.74) is 2.26. The van der Waals surface area contributed by atoms with Crippen LogP contribution in [0.3, 0.4) is 0 Å². The predicted octanol–water partition coefficient (Wildman–Crippen LogP) is 4.61. The molecule has 1 aromatic rings. The molecule has 114 valence electrons. The minimum Gasteiger partial charge on any atom is -0.481 e. The van der Waals surface area contributed by atoms with E-state index < -0.39 is 11.4 Å². The van der Waals surface area contributed by atoms with Crippen LogP contribution in [0.15, 0.2) is 24.3 Å². The van der Waals surface area contributed by atoms with Crippen LogP contribution in [0.4, 0.5) is 0 Å². The normalized spacial score (nSPS) is 22.9. The molecule has 2 heteroatoms. The van der Waals surface area contributed by atoms with E-state index in [1.165, 1.54) is 36.8 Å². The Hall–Kier alpha value is -1.31. The molecule has 3 rings (SSSR count). The third kappa shape index (κ3) is 2.86. The maximum Gasteiger partial charge on any atom is 0.309 e. The van der Waals surface area contributed by atoms with Gasteiger partial charge in [-0.1, -0.05) is 49.9 Å². The standard InChI is InChI=1S/C19H26O2/c20-18(21)19(17-9-3-1-2-4-10-17)13-11-15-7-5-6-8-16(15)12-14-19/h5-8,17H,1-4,9-14H2,(H,20,21). The zero-order valence-electron chi connectivity index (χ0n) is 12.8. The smallest absolute Gasteiger partial charge is 0.309 e. The molecule has 0 heterocycles. The summed E-state index contributed by atoms with van der Waals surface area (Å²) >= 11 is 0. The van der Waals surface area contributed by atoms with Crippen LogP contribution in [0.1, 0.15) is 62.5 Å². The van der Waals surface area contributed by atoms with Gasteiger partial charge in [-0.3, -0.25) is 4.79 Å². The molecule has 1 aromatic carbocycles. The zero-order chi connectivity index (χ0) is 14.7. The molecule has 1 saturated carbocycles. The average molecular weight is 286 g/mol. The Balaban J connectivity index is 1.87. The Morgan fingerprint density at radius 2 is 1.48 bits per heavy atom. The van der Waals surface area contributed by atoms with Crippen molar-refractivity contribution < 1.29 is 9.90 Å². The maximum absolute atomic E-state index is 12.2. The quantitative estimate of drug-likeness (QED) is 0.637. The maximum atomic E-state index is 12.2. The van der Waals surface area contributed by atoms with E-state index >= 15 is 0 Å². The molecule has 2 nitrogen and oxygen atoms in total. The second kappa shape index (κ2) is 6.21. The van der Waals surface area contributed by atoms with Crippen molar-refractivity contribution in [2.24, 2.45) is 11.3 Å². The van der Waals surface area contributed by atoms with Crippen LogP contribution in [0.5, 0.6) is 0 Å². The summed E-state index contributed by atoms with van der Waals surface area (Å²) in [5.74, 6) is -0.158. The molecular formula is C19H26O2. The van der Waals surface area contributed by atoms with Gasteiger partial charge in [0.25, 0.3) is 0 Å². The Bertz CT molecular complexity index is 471. The van der Waals surface area contributed by atoms with Crippen molar-refractivity contribution in [2.45, 2.75) is 64.2 Å². The monoisotopic (exact) mass is 286 g/mol. The van der Waals surface area contributed by atoms with Crippen molar-refractivity contribution in [3.05, 3.63) is 35.4 Å². The van der Waals surface area contributed by atoms with Crippen molar-refractivity contribution in [2.75, 3.05) is 0 Å². The minimum atomic E-state index is -0.540. The van der Waals surface area contributed by atoms with E-state index in [0.29, 0.717) is 5.92 Å². The SMILES string of the molecule is O=C(O)C1(C2CCCCCC2)CCc2ccccc2CC1. The van der Waals surface area contributed by atoms with E-state index in [2.05, 4.69) is 24.3 Å². The number of aliphatic carboxylic acids is 1. The van der Waals surface area contributed by atoms with Gasteiger partial charge >= 0.3 is 5.97 Å². The Morgan fingerprint density at radius 1 is 0.952 bits per heavy atom. The molecule has 0 spiro atoms. The highest BCUT2D eigenvalue weighted by molar-refractivity contribution is 5.75. The summed E-state index contributed by atoms with van der Waals surface area (Å²) in [4.78, 5) is 12.2. The first-order chi connectivity index (χ1) is 10.2. The molecular weight excluding hydrogens is 260 g/mol. The predicted molar refractivity (Wildman–Crippen MR) is 84.3 cm³/mol. The minimum absolute atomic E-state index is 0.381. The number of rotatable bonds is 2. The number of hydrogen-bond donors (Lipinski definition) is 1. The van der Waals surface area contributed by atoms with Gasteiger partial charge in [0.15, 0.2) is 0 Å². The Morgan fingerprint density at radius 3 is 1.95 bits per heavy atom. The van der Waals surface area contributed by atoms with E-state index in [0.717, 1.165) is 38.5 Å². The van der Waals surface area contributed by atoms with Crippen molar-refractivity contribution in [1.82, 2.24) is 0 Å². The van der Waals surface area contributed by atoms with Crippen molar-refractivity contribution in [1.29, 1.82) is 0 Å². The number of fused-ring (bicyclic) bond motifs is 1. The number of carboxylic acids is 1. The lowest BCUT2D eigenvalue weighted by Crippen LogP contribution is -2.39. The van der Waals surface area contributed by atoms with Crippen molar-refractivity contribution in [3.8, 4) is 0 Å². The summed E-state index contributed by atoms with van der Waals surface area (Å²) in [6.45, 7) is 0. The van der Waals surface area contributed by atoms with Gasteiger partial charge in [0, 0.05) is 0 Å². The number of carboxylic acid groups (broad SMARTS) is 1. The summed E-state index contributed by atoms with van der Waals surface area (Å²) in [7, 11) is 0. The van der Waals surface area contributed by atoms with Crippen LogP contribution in [-0.4, -0.2) is 11.1 Å². The fourth-order valence-corrected chi connectivity index (χ4v) is 4.51. The second-order valence-corrected chi connectivity index (χ2v) is 6.92. The van der Waals surface area contributed by atoms with Gasteiger partial charge in [-0.25, -0.2) is 0 Å². The summed E-state index contributed by atoms with van der Waals surface area (Å²) in [5, 5.41) is 10.0. The van der Waals surface area contributed by atoms with Gasteiger partial charge in [0.1, 0.15) is 0 Å². The molecule has 1 N–H and O–H groups in total. The number of carbonyl (C=O) groups is 1. The Labute approximate surface area is 127 Å². The summed E-state index contributed by atoms with van der Waals surface area (Å²) < 4.78 is 0. The first kappa shape index (κ1) is 14.6. The third-order valence-electron chi connectivity index (χ3n) is 5.86. The molecule has 0 aromatic heterocycles. The molecule has 21 heavy (non-hydrogen) atoms. The highest BCUT2D eigenvalue weighted by Crippen LogP contribution is 2.46. The molecule has 1 fully saturated rings. The van der Waals surface area contributed by atoms with Crippen LogP contribution in [0.2, 0.25) is 0 Å². The summed E-state index contributed by atoms with van der Waals surface area (Å²) in [6, 6.07) is 8.53. The topological polar surface area (TPSA) is 37.3 Å². The van der Waals surface area contributed by atoms with Crippen LogP contribution in [-0.2, 0) is 17.6 Å². The fraction of sp³-hybridized carbons (Fsp3) is 0.632. The number of hydrogen-bond acceptors (Lipinski definition) is 1. The molecule has 0 aliphatic heterocycles. The molecule has 2 aliphatic rings. The van der Waals surface area contributed by atoms with E-state index in [9.17, 15) is 9.90 Å². The number of aryl methyl sites for hydroxylation is 2. The van der Waals surface area contributed by atoms with Gasteiger partial charge in [-0.05, 0) is 55.6 Å². The lowest BCUT2D eigenvalue weighted by molar-refractivity contribution is -0.154. The highest BCUT2D eigenvalue weighted by Gasteiger charge is 2.45. The third-order valence-corrected chi connectivity index (χ3v) is 5.86. The van der Waals surface area contributed by atoms with E-state index in [1.54, 1.807) is 0 Å². The van der Waals surface area contributed by atoms with E-state index in [1.807, 2.05) is 0 Å². The lowest BCUT2D eigenvalue weighted by atomic mass is 9.67.